The van der Waals surface area contributed by atoms with Crippen LogP contribution in [0.5, 0.6) is 11.5 Å². The molecule has 2 N–H and O–H groups in total. The zero-order chi connectivity index (χ0) is 19.2. The minimum absolute atomic E-state index is 0.166. The molecule has 2 amide bonds. The van der Waals surface area contributed by atoms with Gasteiger partial charge in [-0.25, -0.2) is 0 Å². The van der Waals surface area contributed by atoms with Crippen molar-refractivity contribution in [2.45, 2.75) is 20.3 Å². The lowest BCUT2D eigenvalue weighted by Crippen LogP contribution is -2.21. The van der Waals surface area contributed by atoms with Crippen LogP contribution >= 0.6 is 0 Å². The Morgan fingerprint density at radius 1 is 0.815 bits per heavy atom. The summed E-state index contributed by atoms with van der Waals surface area (Å²) in [6.07, 6.45) is 0.533. The van der Waals surface area contributed by atoms with Crippen molar-refractivity contribution in [2.75, 3.05) is 23.8 Å². The number of rotatable bonds is 8. The first-order valence-electron chi connectivity index (χ1n) is 9.19. The Kier molecular flexibility index (Phi) is 5.96. The van der Waals surface area contributed by atoms with Crippen molar-refractivity contribution in [1.29, 1.82) is 0 Å². The number of nitrogens with one attached hydrogen (secondary N) is 2. The molecule has 0 bridgehead atoms. The van der Waals surface area contributed by atoms with Crippen molar-refractivity contribution < 1.29 is 19.1 Å². The van der Waals surface area contributed by atoms with E-state index in [0.717, 1.165) is 0 Å². The lowest BCUT2D eigenvalue weighted by atomic mass is 10.2. The summed E-state index contributed by atoms with van der Waals surface area (Å²) in [6, 6.07) is 14.6. The molecule has 2 unspecified atom stereocenters. The number of amides is 2. The standard InChI is InChI=1S/C21H24N2O4/c1-3-26-18-11-7-5-9-16(18)22-20(24)14-13-15(14)21(25)23-17-10-6-8-12-19(17)27-4-2/h5-12,14-15H,3-4,13H2,1-2H3,(H,22,24)(H,23,25). The third-order valence-electron chi connectivity index (χ3n) is 4.35. The van der Waals surface area contributed by atoms with E-state index in [-0.39, 0.29) is 23.7 Å². The monoisotopic (exact) mass is 368 g/mol. The number of benzene rings is 2. The number of carbonyl (C=O) groups excluding carboxylic acids is 2. The van der Waals surface area contributed by atoms with E-state index in [9.17, 15) is 9.59 Å². The highest BCUT2D eigenvalue weighted by Gasteiger charge is 2.48. The van der Waals surface area contributed by atoms with Gasteiger partial charge in [0.1, 0.15) is 11.5 Å². The van der Waals surface area contributed by atoms with Crippen LogP contribution in [0.15, 0.2) is 48.5 Å². The predicted octanol–water partition coefficient (Wildman–Crippen LogP) is 3.70. The summed E-state index contributed by atoms with van der Waals surface area (Å²) >= 11 is 0. The molecule has 0 radical (unpaired) electrons. The summed E-state index contributed by atoms with van der Waals surface area (Å²) < 4.78 is 11.0. The van der Waals surface area contributed by atoms with Crippen molar-refractivity contribution >= 4 is 23.2 Å². The maximum absolute atomic E-state index is 12.5. The Balaban J connectivity index is 1.59. The van der Waals surface area contributed by atoms with E-state index in [4.69, 9.17) is 9.47 Å². The van der Waals surface area contributed by atoms with Gasteiger partial charge in [0.25, 0.3) is 0 Å². The Morgan fingerprint density at radius 2 is 1.22 bits per heavy atom. The molecule has 0 spiro atoms. The van der Waals surface area contributed by atoms with Gasteiger partial charge in [-0.15, -0.1) is 0 Å². The summed E-state index contributed by atoms with van der Waals surface area (Å²) in [7, 11) is 0. The van der Waals surface area contributed by atoms with E-state index in [2.05, 4.69) is 10.6 Å². The van der Waals surface area contributed by atoms with Crippen LogP contribution in [0.1, 0.15) is 20.3 Å². The van der Waals surface area contributed by atoms with Crippen molar-refractivity contribution in [2.24, 2.45) is 11.8 Å². The van der Waals surface area contributed by atoms with Crippen LogP contribution in [-0.4, -0.2) is 25.0 Å². The Morgan fingerprint density at radius 3 is 1.63 bits per heavy atom. The average molecular weight is 368 g/mol. The third-order valence-corrected chi connectivity index (χ3v) is 4.35. The van der Waals surface area contributed by atoms with Crippen LogP contribution in [0.2, 0.25) is 0 Å². The SMILES string of the molecule is CCOc1ccccc1NC(=O)C1CC1C(=O)Nc1ccccc1OCC. The normalized spacial score (nSPS) is 17.7. The molecule has 1 fully saturated rings. The summed E-state index contributed by atoms with van der Waals surface area (Å²) in [5.74, 6) is 0.250. The fraction of sp³-hybridized carbons (Fsp3) is 0.333. The van der Waals surface area contributed by atoms with Gasteiger partial charge in [-0.3, -0.25) is 9.59 Å². The molecule has 2 aromatic rings. The molecule has 1 aliphatic carbocycles. The number of hydrogen-bond acceptors (Lipinski definition) is 4. The molecule has 0 aliphatic heterocycles. The molecular weight excluding hydrogens is 344 g/mol. The van der Waals surface area contributed by atoms with Crippen LogP contribution < -0.4 is 20.1 Å². The van der Waals surface area contributed by atoms with Gasteiger partial charge >= 0.3 is 0 Å². The van der Waals surface area contributed by atoms with Crippen molar-refractivity contribution in [1.82, 2.24) is 0 Å². The lowest BCUT2D eigenvalue weighted by Gasteiger charge is -2.12. The van der Waals surface area contributed by atoms with E-state index in [1.807, 2.05) is 38.1 Å². The summed E-state index contributed by atoms with van der Waals surface area (Å²) in [6.45, 7) is 4.81. The Hall–Kier alpha value is -3.02. The maximum Gasteiger partial charge on any atom is 0.228 e. The van der Waals surface area contributed by atoms with E-state index >= 15 is 0 Å². The van der Waals surface area contributed by atoms with Gasteiger partial charge in [0.15, 0.2) is 0 Å². The molecule has 0 aromatic heterocycles. The number of ether oxygens (including phenoxy) is 2. The zero-order valence-electron chi connectivity index (χ0n) is 15.5. The van der Waals surface area contributed by atoms with Crippen LogP contribution in [0.3, 0.4) is 0 Å². The molecule has 1 aliphatic rings. The second-order valence-electron chi connectivity index (χ2n) is 6.29. The van der Waals surface area contributed by atoms with Crippen LogP contribution in [0.4, 0.5) is 11.4 Å². The van der Waals surface area contributed by atoms with E-state index < -0.39 is 0 Å². The van der Waals surface area contributed by atoms with Gasteiger partial charge in [-0.1, -0.05) is 24.3 Å². The van der Waals surface area contributed by atoms with Gasteiger partial charge in [0, 0.05) is 0 Å². The topological polar surface area (TPSA) is 76.7 Å². The van der Waals surface area contributed by atoms with Crippen LogP contribution in [0, 0.1) is 11.8 Å². The summed E-state index contributed by atoms with van der Waals surface area (Å²) in [5, 5.41) is 5.74. The highest BCUT2D eigenvalue weighted by Crippen LogP contribution is 2.41. The van der Waals surface area contributed by atoms with Crippen LogP contribution in [0.25, 0.3) is 0 Å². The molecule has 2 aromatic carbocycles. The molecule has 2 atom stereocenters. The fourth-order valence-electron chi connectivity index (χ4n) is 2.93. The first-order chi connectivity index (χ1) is 13.1. The van der Waals surface area contributed by atoms with E-state index in [1.165, 1.54) is 0 Å². The number of para-hydroxylation sites is 4. The van der Waals surface area contributed by atoms with E-state index in [0.29, 0.717) is 42.5 Å². The molecule has 142 valence electrons. The van der Waals surface area contributed by atoms with Gasteiger partial charge in [0.2, 0.25) is 11.8 Å². The Labute approximate surface area is 158 Å². The zero-order valence-corrected chi connectivity index (χ0v) is 15.5. The largest absolute Gasteiger partial charge is 0.492 e. The summed E-state index contributed by atoms with van der Waals surface area (Å²) in [5.41, 5.74) is 1.24. The quantitative estimate of drug-likeness (QED) is 0.745. The van der Waals surface area contributed by atoms with Gasteiger partial charge in [0.05, 0.1) is 36.4 Å². The lowest BCUT2D eigenvalue weighted by molar-refractivity contribution is -0.122. The minimum Gasteiger partial charge on any atom is -0.492 e. The molecule has 6 nitrogen and oxygen atoms in total. The average Bonchev–Trinajstić information content (AvgIpc) is 3.46. The first kappa shape index (κ1) is 18.8. The molecule has 3 rings (SSSR count). The smallest absolute Gasteiger partial charge is 0.228 e. The van der Waals surface area contributed by atoms with Crippen molar-refractivity contribution in [3.63, 3.8) is 0 Å². The maximum atomic E-state index is 12.5. The van der Waals surface area contributed by atoms with Gasteiger partial charge < -0.3 is 20.1 Å². The molecule has 6 heteroatoms. The van der Waals surface area contributed by atoms with Crippen molar-refractivity contribution in [3.05, 3.63) is 48.5 Å². The third kappa shape index (κ3) is 4.58. The first-order valence-corrected chi connectivity index (χ1v) is 9.19. The Bertz CT molecular complexity index is 754. The number of hydrogen-bond donors (Lipinski definition) is 2. The van der Waals surface area contributed by atoms with Crippen LogP contribution in [-0.2, 0) is 9.59 Å². The van der Waals surface area contributed by atoms with E-state index in [1.54, 1.807) is 24.3 Å². The highest BCUT2D eigenvalue weighted by molar-refractivity contribution is 6.04. The van der Waals surface area contributed by atoms with Gasteiger partial charge in [-0.2, -0.15) is 0 Å². The fourth-order valence-corrected chi connectivity index (χ4v) is 2.93. The molecule has 0 heterocycles. The summed E-state index contributed by atoms with van der Waals surface area (Å²) in [4.78, 5) is 25.0. The molecule has 27 heavy (non-hydrogen) atoms. The highest BCUT2D eigenvalue weighted by atomic mass is 16.5. The molecular formula is C21H24N2O4. The van der Waals surface area contributed by atoms with Gasteiger partial charge in [-0.05, 0) is 44.5 Å². The molecule has 1 saturated carbocycles. The number of anilines is 2. The van der Waals surface area contributed by atoms with Crippen molar-refractivity contribution in [3.8, 4) is 11.5 Å². The second kappa shape index (κ2) is 8.58. The minimum atomic E-state index is -0.334. The second-order valence-corrected chi connectivity index (χ2v) is 6.29. The number of carbonyl (C=O) groups is 2. The predicted molar refractivity (Wildman–Crippen MR) is 104 cm³/mol. The molecule has 0 saturated heterocycles.